The Bertz CT molecular complexity index is 326. The van der Waals surface area contributed by atoms with E-state index in [9.17, 15) is 4.79 Å². The minimum atomic E-state index is -0.274. The lowest BCUT2D eigenvalue weighted by atomic mass is 10.2. The first-order valence-electron chi connectivity index (χ1n) is 3.49. The second kappa shape index (κ2) is 3.82. The third kappa shape index (κ3) is 2.15. The fourth-order valence-electron chi connectivity index (χ4n) is 0.527. The van der Waals surface area contributed by atoms with Gasteiger partial charge >= 0.3 is 5.97 Å². The summed E-state index contributed by atoms with van der Waals surface area (Å²) in [5.41, 5.74) is 0. The second-order valence-electron chi connectivity index (χ2n) is 2.56. The standard InChI is InChI=1S/C7H9NO2S2/c1-5(2)6(9)10-8-3-4-12-7(8)11/h3-5H,1-2H3. The summed E-state index contributed by atoms with van der Waals surface area (Å²) in [6.45, 7) is 3.55. The summed E-state index contributed by atoms with van der Waals surface area (Å²) in [5, 5.41) is 1.77. The van der Waals surface area contributed by atoms with Crippen molar-refractivity contribution < 1.29 is 9.63 Å². The number of hydrogen-bond donors (Lipinski definition) is 0. The van der Waals surface area contributed by atoms with Crippen molar-refractivity contribution in [3.8, 4) is 0 Å². The fourth-order valence-corrected chi connectivity index (χ4v) is 1.28. The highest BCUT2D eigenvalue weighted by Gasteiger charge is 2.09. The Labute approximate surface area is 79.5 Å². The van der Waals surface area contributed by atoms with Gasteiger partial charge in [0.25, 0.3) is 0 Å². The van der Waals surface area contributed by atoms with E-state index in [1.165, 1.54) is 16.1 Å². The molecule has 0 aliphatic heterocycles. The minimum Gasteiger partial charge on any atom is -0.335 e. The van der Waals surface area contributed by atoms with Gasteiger partial charge in [0, 0.05) is 5.38 Å². The first-order valence-corrected chi connectivity index (χ1v) is 4.78. The Morgan fingerprint density at radius 2 is 2.42 bits per heavy atom. The Morgan fingerprint density at radius 3 is 2.83 bits per heavy atom. The quantitative estimate of drug-likeness (QED) is 0.688. The SMILES string of the molecule is CC(C)C(=O)On1ccsc1=S. The molecule has 0 fully saturated rings. The van der Waals surface area contributed by atoms with Crippen LogP contribution in [0.5, 0.6) is 0 Å². The molecule has 0 saturated heterocycles. The lowest BCUT2D eigenvalue weighted by molar-refractivity contribution is -0.147. The van der Waals surface area contributed by atoms with Gasteiger partial charge in [0.15, 0.2) is 3.95 Å². The van der Waals surface area contributed by atoms with Crippen LogP contribution in [0.4, 0.5) is 0 Å². The van der Waals surface area contributed by atoms with Crippen LogP contribution in [-0.4, -0.2) is 10.7 Å². The number of carbonyl (C=O) groups excluding carboxylic acids is 1. The first-order chi connectivity index (χ1) is 5.61. The van der Waals surface area contributed by atoms with Gasteiger partial charge in [-0.3, -0.25) is 0 Å². The fraction of sp³-hybridized carbons (Fsp3) is 0.429. The second-order valence-corrected chi connectivity index (χ2v) is 4.10. The smallest absolute Gasteiger partial charge is 0.335 e. The molecule has 0 amide bonds. The van der Waals surface area contributed by atoms with E-state index in [1.54, 1.807) is 25.4 Å². The Balaban J connectivity index is 2.71. The highest BCUT2D eigenvalue weighted by molar-refractivity contribution is 7.73. The maximum Gasteiger partial charge on any atom is 0.335 e. The van der Waals surface area contributed by atoms with Crippen molar-refractivity contribution in [2.24, 2.45) is 5.92 Å². The molecule has 0 bridgehead atoms. The van der Waals surface area contributed by atoms with Crippen LogP contribution in [0, 0.1) is 9.87 Å². The molecule has 0 spiro atoms. The van der Waals surface area contributed by atoms with Gasteiger partial charge in [-0.2, -0.15) is 4.73 Å². The average molecular weight is 203 g/mol. The molecule has 1 aromatic heterocycles. The summed E-state index contributed by atoms with van der Waals surface area (Å²) in [7, 11) is 0. The van der Waals surface area contributed by atoms with E-state index in [0.29, 0.717) is 3.95 Å². The maximum absolute atomic E-state index is 11.1. The molecule has 5 heteroatoms. The third-order valence-corrected chi connectivity index (χ3v) is 2.31. The molecule has 0 aliphatic rings. The molecule has 0 aliphatic carbocycles. The summed E-state index contributed by atoms with van der Waals surface area (Å²) in [6, 6.07) is 0. The topological polar surface area (TPSA) is 31.2 Å². The van der Waals surface area contributed by atoms with Gasteiger partial charge in [-0.25, -0.2) is 4.79 Å². The van der Waals surface area contributed by atoms with Gasteiger partial charge in [0.1, 0.15) is 0 Å². The summed E-state index contributed by atoms with van der Waals surface area (Å²) in [6.07, 6.45) is 1.63. The minimum absolute atomic E-state index is 0.133. The lowest BCUT2D eigenvalue weighted by Crippen LogP contribution is -2.23. The van der Waals surface area contributed by atoms with E-state index in [0.717, 1.165) is 0 Å². The Kier molecular flexibility index (Phi) is 2.99. The van der Waals surface area contributed by atoms with Crippen molar-refractivity contribution in [2.75, 3.05) is 0 Å². The molecule has 1 heterocycles. The number of rotatable bonds is 2. The molecule has 12 heavy (non-hydrogen) atoms. The molecule has 0 radical (unpaired) electrons. The average Bonchev–Trinajstić information content (AvgIpc) is 2.36. The molecule has 0 N–H and O–H groups in total. The van der Waals surface area contributed by atoms with E-state index in [1.807, 2.05) is 0 Å². The molecular formula is C7H9NO2S2. The lowest BCUT2D eigenvalue weighted by Gasteiger charge is -2.04. The maximum atomic E-state index is 11.1. The van der Waals surface area contributed by atoms with Gasteiger partial charge in [-0.1, -0.05) is 13.8 Å². The molecule has 0 atom stereocenters. The van der Waals surface area contributed by atoms with Crippen LogP contribution in [0.15, 0.2) is 11.6 Å². The van der Waals surface area contributed by atoms with Crippen molar-refractivity contribution >= 4 is 29.5 Å². The molecule has 1 aromatic rings. The molecule has 0 aromatic carbocycles. The van der Waals surface area contributed by atoms with Gasteiger partial charge in [-0.05, 0) is 12.2 Å². The van der Waals surface area contributed by atoms with E-state index in [2.05, 4.69) is 0 Å². The molecule has 0 unspecified atom stereocenters. The van der Waals surface area contributed by atoms with Crippen LogP contribution < -0.4 is 4.84 Å². The number of hydrogen-bond acceptors (Lipinski definition) is 4. The van der Waals surface area contributed by atoms with E-state index < -0.39 is 0 Å². The van der Waals surface area contributed by atoms with Crippen molar-refractivity contribution in [1.82, 2.24) is 4.73 Å². The van der Waals surface area contributed by atoms with Gasteiger partial charge < -0.3 is 4.84 Å². The predicted molar refractivity (Wildman–Crippen MR) is 49.6 cm³/mol. The summed E-state index contributed by atoms with van der Waals surface area (Å²) in [4.78, 5) is 16.0. The van der Waals surface area contributed by atoms with E-state index in [4.69, 9.17) is 17.1 Å². The zero-order chi connectivity index (χ0) is 9.14. The highest BCUT2D eigenvalue weighted by Crippen LogP contribution is 2.02. The third-order valence-electron chi connectivity index (χ3n) is 1.20. The summed E-state index contributed by atoms with van der Waals surface area (Å²) in [5.74, 6) is -0.406. The first kappa shape index (κ1) is 9.41. The van der Waals surface area contributed by atoms with Crippen LogP contribution >= 0.6 is 23.6 Å². The van der Waals surface area contributed by atoms with E-state index in [-0.39, 0.29) is 11.9 Å². The normalized spacial score (nSPS) is 10.2. The Hall–Kier alpha value is -0.680. The number of nitrogens with zero attached hydrogens (tertiary/aromatic N) is 1. The largest absolute Gasteiger partial charge is 0.335 e. The zero-order valence-electron chi connectivity index (χ0n) is 6.81. The van der Waals surface area contributed by atoms with Crippen molar-refractivity contribution in [3.05, 3.63) is 15.5 Å². The predicted octanol–water partition coefficient (Wildman–Crippen LogP) is 1.89. The van der Waals surface area contributed by atoms with E-state index >= 15 is 0 Å². The van der Waals surface area contributed by atoms with Crippen molar-refractivity contribution in [1.29, 1.82) is 0 Å². The summed E-state index contributed by atoms with van der Waals surface area (Å²) >= 11 is 6.25. The van der Waals surface area contributed by atoms with Crippen LogP contribution in [0.1, 0.15) is 13.8 Å². The van der Waals surface area contributed by atoms with Crippen LogP contribution in [-0.2, 0) is 4.79 Å². The van der Waals surface area contributed by atoms with Crippen molar-refractivity contribution in [3.63, 3.8) is 0 Å². The van der Waals surface area contributed by atoms with Crippen LogP contribution in [0.2, 0.25) is 0 Å². The molecule has 66 valence electrons. The molecule has 0 saturated carbocycles. The number of carbonyl (C=O) groups is 1. The monoisotopic (exact) mass is 203 g/mol. The highest BCUT2D eigenvalue weighted by atomic mass is 32.1. The van der Waals surface area contributed by atoms with Crippen LogP contribution in [0.3, 0.4) is 0 Å². The van der Waals surface area contributed by atoms with Gasteiger partial charge in [0.05, 0.1) is 12.1 Å². The number of thiazole rings is 1. The van der Waals surface area contributed by atoms with Gasteiger partial charge in [0.2, 0.25) is 0 Å². The molecular weight excluding hydrogens is 194 g/mol. The Morgan fingerprint density at radius 1 is 1.75 bits per heavy atom. The molecule has 3 nitrogen and oxygen atoms in total. The van der Waals surface area contributed by atoms with Crippen LogP contribution in [0.25, 0.3) is 0 Å². The number of aromatic nitrogens is 1. The summed E-state index contributed by atoms with van der Waals surface area (Å²) < 4.78 is 1.85. The van der Waals surface area contributed by atoms with Gasteiger partial charge in [-0.15, -0.1) is 11.3 Å². The van der Waals surface area contributed by atoms with Crippen molar-refractivity contribution in [2.45, 2.75) is 13.8 Å². The zero-order valence-corrected chi connectivity index (χ0v) is 8.45. The molecule has 1 rings (SSSR count).